The van der Waals surface area contributed by atoms with Crippen molar-refractivity contribution >= 4 is 17.4 Å². The number of nitrogens with zero attached hydrogens (tertiary/aromatic N) is 1. The van der Waals surface area contributed by atoms with E-state index in [1.807, 2.05) is 0 Å². The Morgan fingerprint density at radius 3 is 2.81 bits per heavy atom. The van der Waals surface area contributed by atoms with Crippen LogP contribution in [0.1, 0.15) is 51.1 Å². The molecule has 1 heterocycles. The van der Waals surface area contributed by atoms with Crippen LogP contribution in [0.15, 0.2) is 18.2 Å². The van der Waals surface area contributed by atoms with Crippen LogP contribution in [0.3, 0.4) is 0 Å². The van der Waals surface area contributed by atoms with Crippen molar-refractivity contribution in [3.05, 3.63) is 34.7 Å². The minimum Gasteiger partial charge on any atom is -0.382 e. The highest BCUT2D eigenvalue weighted by Crippen LogP contribution is 2.38. The second kappa shape index (κ2) is 6.94. The van der Waals surface area contributed by atoms with E-state index in [0.717, 1.165) is 31.4 Å². The average Bonchev–Trinajstić information content (AvgIpc) is 2.85. The molecule has 0 aliphatic rings. The third-order valence-electron chi connectivity index (χ3n) is 3.85. The summed E-state index contributed by atoms with van der Waals surface area (Å²) in [6, 6.07) is 4.95. The number of unbranched alkanes of at least 4 members (excludes halogenated alkanes) is 1. The smallest absolute Gasteiger partial charge is 0.153 e. The van der Waals surface area contributed by atoms with Crippen molar-refractivity contribution in [1.82, 2.24) is 10.2 Å². The SMILES string of the molecule is CCCCC(CC)c1[nH]nc(N)c1-c1cccc(Cl)c1F. The molecular weight excluding hydrogens is 289 g/mol. The summed E-state index contributed by atoms with van der Waals surface area (Å²) in [5.41, 5.74) is 7.93. The molecule has 1 atom stereocenters. The molecule has 0 spiro atoms. The summed E-state index contributed by atoms with van der Waals surface area (Å²) < 4.78 is 14.3. The standard InChI is InChI=1S/C16H21ClFN3/c1-3-5-7-10(4-2)15-13(16(19)21-20-15)11-8-6-9-12(17)14(11)18/h6,8-10H,3-5,7H2,1-2H3,(H3,19,20,21). The number of halogens is 2. The molecule has 3 N–H and O–H groups in total. The zero-order chi connectivity index (χ0) is 15.4. The molecule has 0 fully saturated rings. The summed E-state index contributed by atoms with van der Waals surface area (Å²) in [6.45, 7) is 4.28. The Kier molecular flexibility index (Phi) is 5.23. The summed E-state index contributed by atoms with van der Waals surface area (Å²) >= 11 is 5.89. The van der Waals surface area contributed by atoms with Crippen molar-refractivity contribution in [2.45, 2.75) is 45.4 Å². The van der Waals surface area contributed by atoms with Gasteiger partial charge in [0.05, 0.1) is 5.02 Å². The lowest BCUT2D eigenvalue weighted by molar-refractivity contribution is 0.556. The summed E-state index contributed by atoms with van der Waals surface area (Å²) in [5, 5.41) is 7.18. The second-order valence-corrected chi connectivity index (χ2v) is 5.65. The Bertz CT molecular complexity index is 610. The van der Waals surface area contributed by atoms with E-state index >= 15 is 0 Å². The number of aromatic amines is 1. The zero-order valence-electron chi connectivity index (χ0n) is 12.4. The van der Waals surface area contributed by atoms with Crippen LogP contribution in [0.5, 0.6) is 0 Å². The fourth-order valence-electron chi connectivity index (χ4n) is 2.65. The fraction of sp³-hybridized carbons (Fsp3) is 0.438. The Morgan fingerprint density at radius 2 is 2.14 bits per heavy atom. The monoisotopic (exact) mass is 309 g/mol. The van der Waals surface area contributed by atoms with Crippen LogP contribution >= 0.6 is 11.6 Å². The Labute approximate surface area is 129 Å². The van der Waals surface area contributed by atoms with E-state index in [-0.39, 0.29) is 5.02 Å². The number of nitrogens with one attached hydrogen (secondary N) is 1. The van der Waals surface area contributed by atoms with Gasteiger partial charge in [0, 0.05) is 22.7 Å². The summed E-state index contributed by atoms with van der Waals surface area (Å²) in [4.78, 5) is 0. The van der Waals surface area contributed by atoms with Gasteiger partial charge in [-0.15, -0.1) is 0 Å². The van der Waals surface area contributed by atoms with Gasteiger partial charge in [0.25, 0.3) is 0 Å². The molecule has 3 nitrogen and oxygen atoms in total. The van der Waals surface area contributed by atoms with Crippen LogP contribution in [-0.4, -0.2) is 10.2 Å². The molecule has 1 unspecified atom stereocenters. The Hall–Kier alpha value is -1.55. The van der Waals surface area contributed by atoms with Crippen molar-refractivity contribution in [3.63, 3.8) is 0 Å². The van der Waals surface area contributed by atoms with E-state index in [9.17, 15) is 4.39 Å². The van der Waals surface area contributed by atoms with Gasteiger partial charge in [-0.1, -0.05) is 50.4 Å². The number of hydrogen-bond donors (Lipinski definition) is 2. The van der Waals surface area contributed by atoms with Gasteiger partial charge in [-0.3, -0.25) is 5.10 Å². The molecule has 0 aliphatic carbocycles. The molecule has 0 amide bonds. The average molecular weight is 310 g/mol. The van der Waals surface area contributed by atoms with Gasteiger partial charge < -0.3 is 5.73 Å². The molecule has 0 saturated heterocycles. The highest BCUT2D eigenvalue weighted by Gasteiger charge is 2.22. The van der Waals surface area contributed by atoms with E-state index in [1.165, 1.54) is 6.07 Å². The van der Waals surface area contributed by atoms with Gasteiger partial charge in [0.2, 0.25) is 0 Å². The molecule has 0 bridgehead atoms. The number of benzene rings is 1. The third-order valence-corrected chi connectivity index (χ3v) is 4.14. The topological polar surface area (TPSA) is 54.7 Å². The first-order chi connectivity index (χ1) is 10.1. The van der Waals surface area contributed by atoms with Gasteiger partial charge in [0.1, 0.15) is 5.82 Å². The van der Waals surface area contributed by atoms with Crippen LogP contribution in [0.4, 0.5) is 10.2 Å². The number of nitrogen functional groups attached to an aromatic ring is 1. The number of hydrogen-bond acceptors (Lipinski definition) is 2. The predicted molar refractivity (Wildman–Crippen MR) is 86.0 cm³/mol. The van der Waals surface area contributed by atoms with Gasteiger partial charge in [-0.25, -0.2) is 4.39 Å². The first-order valence-corrected chi connectivity index (χ1v) is 7.76. The zero-order valence-corrected chi connectivity index (χ0v) is 13.2. The van der Waals surface area contributed by atoms with Crippen LogP contribution in [0.2, 0.25) is 5.02 Å². The van der Waals surface area contributed by atoms with Crippen LogP contribution in [0, 0.1) is 5.82 Å². The van der Waals surface area contributed by atoms with Gasteiger partial charge in [0.15, 0.2) is 5.82 Å². The number of H-pyrrole nitrogens is 1. The van der Waals surface area contributed by atoms with Crippen molar-refractivity contribution in [3.8, 4) is 11.1 Å². The van der Waals surface area contributed by atoms with E-state index in [1.54, 1.807) is 12.1 Å². The molecule has 21 heavy (non-hydrogen) atoms. The number of rotatable bonds is 6. The molecule has 5 heteroatoms. The van der Waals surface area contributed by atoms with Crippen LogP contribution in [-0.2, 0) is 0 Å². The molecule has 2 aromatic rings. The van der Waals surface area contributed by atoms with Crippen LogP contribution in [0.25, 0.3) is 11.1 Å². The van der Waals surface area contributed by atoms with Crippen molar-refractivity contribution in [1.29, 1.82) is 0 Å². The first kappa shape index (κ1) is 15.8. The van der Waals surface area contributed by atoms with Gasteiger partial charge >= 0.3 is 0 Å². The lowest BCUT2D eigenvalue weighted by Crippen LogP contribution is -2.01. The molecule has 0 radical (unpaired) electrons. The quantitative estimate of drug-likeness (QED) is 0.776. The summed E-state index contributed by atoms with van der Waals surface area (Å²) in [6.07, 6.45) is 4.23. The van der Waals surface area contributed by atoms with Crippen LogP contribution < -0.4 is 5.73 Å². The van der Waals surface area contributed by atoms with E-state index in [2.05, 4.69) is 24.0 Å². The van der Waals surface area contributed by atoms with Crippen molar-refractivity contribution in [2.24, 2.45) is 0 Å². The maximum atomic E-state index is 14.3. The molecule has 0 saturated carbocycles. The highest BCUT2D eigenvalue weighted by atomic mass is 35.5. The first-order valence-electron chi connectivity index (χ1n) is 7.38. The molecule has 0 aliphatic heterocycles. The largest absolute Gasteiger partial charge is 0.382 e. The number of anilines is 1. The maximum absolute atomic E-state index is 14.3. The minimum absolute atomic E-state index is 0.0978. The summed E-state index contributed by atoms with van der Waals surface area (Å²) in [7, 11) is 0. The van der Waals surface area contributed by atoms with Crippen molar-refractivity contribution < 1.29 is 4.39 Å². The van der Waals surface area contributed by atoms with E-state index in [0.29, 0.717) is 22.9 Å². The van der Waals surface area contributed by atoms with Gasteiger partial charge in [-0.2, -0.15) is 5.10 Å². The third kappa shape index (κ3) is 3.21. The molecule has 1 aromatic carbocycles. The lowest BCUT2D eigenvalue weighted by Gasteiger charge is -2.15. The highest BCUT2D eigenvalue weighted by molar-refractivity contribution is 6.31. The number of aromatic nitrogens is 2. The number of nitrogens with two attached hydrogens (primary N) is 1. The van der Waals surface area contributed by atoms with E-state index < -0.39 is 5.82 Å². The molecule has 2 rings (SSSR count). The predicted octanol–water partition coefficient (Wildman–Crippen LogP) is 5.14. The minimum atomic E-state index is -0.445. The summed E-state index contributed by atoms with van der Waals surface area (Å²) in [5.74, 6) is 0.170. The molecule has 1 aromatic heterocycles. The molecular formula is C16H21ClFN3. The van der Waals surface area contributed by atoms with Gasteiger partial charge in [-0.05, 0) is 18.9 Å². The Balaban J connectivity index is 2.49. The fourth-order valence-corrected chi connectivity index (χ4v) is 2.82. The Morgan fingerprint density at radius 1 is 1.38 bits per heavy atom. The van der Waals surface area contributed by atoms with Crippen molar-refractivity contribution in [2.75, 3.05) is 5.73 Å². The second-order valence-electron chi connectivity index (χ2n) is 5.25. The lowest BCUT2D eigenvalue weighted by atomic mass is 9.90. The van der Waals surface area contributed by atoms with E-state index in [4.69, 9.17) is 17.3 Å². The normalized spacial score (nSPS) is 12.6. The molecule has 114 valence electrons. The maximum Gasteiger partial charge on any atom is 0.153 e.